The molecule has 0 aliphatic heterocycles. The number of pyridine rings is 2. The minimum absolute atomic E-state index is 0.677. The highest BCUT2D eigenvalue weighted by Crippen LogP contribution is 2.24. The molecular formula is C20H17N5. The molecule has 3 heterocycles. The van der Waals surface area contributed by atoms with Crippen molar-refractivity contribution in [3.63, 3.8) is 0 Å². The number of anilines is 1. The molecule has 0 aliphatic carbocycles. The van der Waals surface area contributed by atoms with Crippen LogP contribution in [0.3, 0.4) is 0 Å². The Hall–Kier alpha value is -3.34. The van der Waals surface area contributed by atoms with Gasteiger partial charge in [0.15, 0.2) is 5.82 Å². The summed E-state index contributed by atoms with van der Waals surface area (Å²) in [6.07, 6.45) is 8.09. The van der Waals surface area contributed by atoms with E-state index in [9.17, 15) is 0 Å². The van der Waals surface area contributed by atoms with E-state index in [1.165, 1.54) is 5.56 Å². The van der Waals surface area contributed by atoms with Crippen LogP contribution in [0.2, 0.25) is 0 Å². The van der Waals surface area contributed by atoms with Crippen LogP contribution in [0.5, 0.6) is 0 Å². The van der Waals surface area contributed by atoms with Crippen molar-refractivity contribution in [2.24, 2.45) is 0 Å². The molecule has 5 nitrogen and oxygen atoms in total. The molecular weight excluding hydrogens is 310 g/mol. The van der Waals surface area contributed by atoms with Crippen molar-refractivity contribution < 1.29 is 0 Å². The first-order valence-electron chi connectivity index (χ1n) is 8.20. The number of nitrogens with zero attached hydrogens (tertiary/aromatic N) is 4. The van der Waals surface area contributed by atoms with Gasteiger partial charge in [0.2, 0.25) is 0 Å². The van der Waals surface area contributed by atoms with Crippen molar-refractivity contribution in [1.82, 2.24) is 19.9 Å². The number of para-hydroxylation sites is 1. The lowest BCUT2D eigenvalue weighted by Crippen LogP contribution is -2.08. The summed E-state index contributed by atoms with van der Waals surface area (Å²) in [5, 5.41) is 4.46. The Kier molecular flexibility index (Phi) is 4.29. The van der Waals surface area contributed by atoms with Gasteiger partial charge in [-0.1, -0.05) is 18.2 Å². The number of hydrogen-bond acceptors (Lipinski definition) is 5. The Labute approximate surface area is 145 Å². The first-order valence-corrected chi connectivity index (χ1v) is 8.20. The summed E-state index contributed by atoms with van der Waals surface area (Å²) < 4.78 is 0. The van der Waals surface area contributed by atoms with Gasteiger partial charge in [0.25, 0.3) is 0 Å². The molecule has 1 N–H and O–H groups in total. The van der Waals surface area contributed by atoms with Gasteiger partial charge in [0.05, 0.1) is 5.52 Å². The van der Waals surface area contributed by atoms with Gasteiger partial charge in [-0.2, -0.15) is 0 Å². The largest absolute Gasteiger partial charge is 0.369 e. The van der Waals surface area contributed by atoms with Crippen molar-refractivity contribution in [3.05, 3.63) is 78.9 Å². The second-order valence-corrected chi connectivity index (χ2v) is 5.69. The Bertz CT molecular complexity index is 971. The highest BCUT2D eigenvalue weighted by Gasteiger charge is 2.09. The molecule has 122 valence electrons. The minimum Gasteiger partial charge on any atom is -0.369 e. The fraction of sp³-hybridized carbons (Fsp3) is 0.100. The molecule has 0 bridgehead atoms. The zero-order chi connectivity index (χ0) is 16.9. The Morgan fingerprint density at radius 1 is 0.800 bits per heavy atom. The molecule has 5 heteroatoms. The fourth-order valence-corrected chi connectivity index (χ4v) is 2.71. The van der Waals surface area contributed by atoms with Crippen LogP contribution in [0.25, 0.3) is 22.3 Å². The van der Waals surface area contributed by atoms with Crippen molar-refractivity contribution in [2.45, 2.75) is 6.42 Å². The molecule has 0 atom stereocenters. The van der Waals surface area contributed by atoms with Gasteiger partial charge >= 0.3 is 0 Å². The zero-order valence-corrected chi connectivity index (χ0v) is 13.6. The standard InChI is InChI=1S/C20H17N5/c1-2-8-18-17(7-1)20(23-12-9-15-5-3-10-21-13-15)25-19(24-18)16-6-4-11-22-14-16/h1-8,10-11,13-14H,9,12H2,(H,23,24,25). The molecule has 0 amide bonds. The Balaban J connectivity index is 1.64. The van der Waals surface area contributed by atoms with Crippen LogP contribution in [0.4, 0.5) is 5.82 Å². The molecule has 25 heavy (non-hydrogen) atoms. The van der Waals surface area contributed by atoms with Crippen LogP contribution < -0.4 is 5.32 Å². The van der Waals surface area contributed by atoms with E-state index < -0.39 is 0 Å². The maximum atomic E-state index is 4.72. The normalized spacial score (nSPS) is 10.7. The van der Waals surface area contributed by atoms with Crippen LogP contribution in [-0.2, 0) is 6.42 Å². The van der Waals surface area contributed by atoms with E-state index in [1.807, 2.05) is 48.7 Å². The molecule has 0 unspecified atom stereocenters. The van der Waals surface area contributed by atoms with Gasteiger partial charge in [-0.15, -0.1) is 0 Å². The van der Waals surface area contributed by atoms with Crippen molar-refractivity contribution in [3.8, 4) is 11.4 Å². The summed E-state index contributed by atoms with van der Waals surface area (Å²) in [6, 6.07) is 15.9. The average Bonchev–Trinajstić information content (AvgIpc) is 2.69. The van der Waals surface area contributed by atoms with E-state index in [0.717, 1.165) is 35.2 Å². The van der Waals surface area contributed by atoms with Gasteiger partial charge in [-0.3, -0.25) is 9.97 Å². The molecule has 0 aliphatic rings. The SMILES string of the molecule is c1cncc(CCNc2nc(-c3cccnc3)nc3ccccc23)c1. The Morgan fingerprint density at radius 3 is 2.44 bits per heavy atom. The van der Waals surface area contributed by atoms with Crippen LogP contribution in [0.1, 0.15) is 5.56 Å². The molecule has 0 spiro atoms. The topological polar surface area (TPSA) is 63.6 Å². The summed E-state index contributed by atoms with van der Waals surface area (Å²) >= 11 is 0. The van der Waals surface area contributed by atoms with Crippen molar-refractivity contribution in [1.29, 1.82) is 0 Å². The molecule has 1 aromatic carbocycles. The summed E-state index contributed by atoms with van der Waals surface area (Å²) in [5.74, 6) is 1.52. The monoisotopic (exact) mass is 327 g/mol. The van der Waals surface area contributed by atoms with E-state index in [-0.39, 0.29) is 0 Å². The van der Waals surface area contributed by atoms with E-state index in [0.29, 0.717) is 5.82 Å². The number of fused-ring (bicyclic) bond motifs is 1. The van der Waals surface area contributed by atoms with Gasteiger partial charge in [0.1, 0.15) is 5.82 Å². The van der Waals surface area contributed by atoms with Crippen molar-refractivity contribution >= 4 is 16.7 Å². The minimum atomic E-state index is 0.677. The molecule has 4 aromatic rings. The third-order valence-corrected chi connectivity index (χ3v) is 3.95. The summed E-state index contributed by atoms with van der Waals surface area (Å²) in [7, 11) is 0. The van der Waals surface area contributed by atoms with Crippen LogP contribution in [0.15, 0.2) is 73.3 Å². The summed E-state index contributed by atoms with van der Waals surface area (Å²) in [6.45, 7) is 0.777. The second-order valence-electron chi connectivity index (χ2n) is 5.69. The fourth-order valence-electron chi connectivity index (χ4n) is 2.71. The molecule has 4 rings (SSSR count). The number of benzene rings is 1. The quantitative estimate of drug-likeness (QED) is 0.605. The summed E-state index contributed by atoms with van der Waals surface area (Å²) in [4.78, 5) is 17.7. The lowest BCUT2D eigenvalue weighted by atomic mass is 10.2. The van der Waals surface area contributed by atoms with E-state index in [1.54, 1.807) is 18.6 Å². The van der Waals surface area contributed by atoms with Crippen LogP contribution in [0, 0.1) is 0 Å². The smallest absolute Gasteiger partial charge is 0.163 e. The first kappa shape index (κ1) is 15.2. The maximum absolute atomic E-state index is 4.72. The molecule has 3 aromatic heterocycles. The second kappa shape index (κ2) is 7.05. The lowest BCUT2D eigenvalue weighted by Gasteiger charge is -2.11. The van der Waals surface area contributed by atoms with Gasteiger partial charge in [-0.05, 0) is 42.3 Å². The third kappa shape index (κ3) is 3.45. The van der Waals surface area contributed by atoms with Gasteiger partial charge < -0.3 is 5.32 Å². The molecule has 0 saturated carbocycles. The predicted molar refractivity (Wildman–Crippen MR) is 99.2 cm³/mol. The number of aromatic nitrogens is 4. The highest BCUT2D eigenvalue weighted by molar-refractivity contribution is 5.90. The van der Waals surface area contributed by atoms with Crippen LogP contribution in [-0.4, -0.2) is 26.5 Å². The van der Waals surface area contributed by atoms with E-state index >= 15 is 0 Å². The highest BCUT2D eigenvalue weighted by atomic mass is 15.0. The molecule has 0 fully saturated rings. The van der Waals surface area contributed by atoms with Crippen molar-refractivity contribution in [2.75, 3.05) is 11.9 Å². The average molecular weight is 327 g/mol. The number of hydrogen-bond donors (Lipinski definition) is 1. The van der Waals surface area contributed by atoms with Crippen LogP contribution >= 0.6 is 0 Å². The Morgan fingerprint density at radius 2 is 1.64 bits per heavy atom. The number of rotatable bonds is 5. The summed E-state index contributed by atoms with van der Waals surface area (Å²) in [5.41, 5.74) is 3.02. The van der Waals surface area contributed by atoms with E-state index in [4.69, 9.17) is 4.98 Å². The maximum Gasteiger partial charge on any atom is 0.163 e. The third-order valence-electron chi connectivity index (χ3n) is 3.95. The van der Waals surface area contributed by atoms with Gasteiger partial charge in [-0.25, -0.2) is 9.97 Å². The van der Waals surface area contributed by atoms with E-state index in [2.05, 4.69) is 26.3 Å². The lowest BCUT2D eigenvalue weighted by molar-refractivity contribution is 0.994. The first-order chi connectivity index (χ1) is 12.4. The number of nitrogens with one attached hydrogen (secondary N) is 1. The molecule has 0 radical (unpaired) electrons. The predicted octanol–water partition coefficient (Wildman–Crippen LogP) is 3.74. The van der Waals surface area contributed by atoms with Gasteiger partial charge in [0, 0.05) is 42.3 Å². The molecule has 0 saturated heterocycles. The zero-order valence-electron chi connectivity index (χ0n) is 13.6.